The number of aryl methyl sites for hydroxylation is 1. The predicted molar refractivity (Wildman–Crippen MR) is 63.3 cm³/mol. The molecule has 1 aromatic heterocycles. The topological polar surface area (TPSA) is 72.2 Å². The van der Waals surface area contributed by atoms with Gasteiger partial charge in [0.1, 0.15) is 0 Å². The Hall–Kier alpha value is -2.38. The van der Waals surface area contributed by atoms with Crippen molar-refractivity contribution >= 4 is 16.9 Å². The fourth-order valence-electron chi connectivity index (χ4n) is 1.81. The van der Waals surface area contributed by atoms with E-state index in [2.05, 4.69) is 4.98 Å². The molecule has 0 radical (unpaired) electrons. The second kappa shape index (κ2) is 4.95. The molecule has 5 nitrogen and oxygen atoms in total. The first-order valence-corrected chi connectivity index (χ1v) is 5.58. The molecule has 0 aliphatic carbocycles. The number of hydrogen-bond donors (Lipinski definition) is 1. The summed E-state index contributed by atoms with van der Waals surface area (Å²) in [6.07, 6.45) is -4.00. The standard InChI is InChI=1S/C12H9F3N2O3/c13-12(14,15)7-2-1-3-8-10(7)11(20)17(6-16-8)5-4-9(18)19/h1-3,6H,4-5H2,(H,18,19). The average Bonchev–Trinajstić information content (AvgIpc) is 2.36. The highest BCUT2D eigenvalue weighted by Gasteiger charge is 2.33. The number of nitrogens with zero attached hydrogens (tertiary/aromatic N) is 2. The van der Waals surface area contributed by atoms with Crippen LogP contribution < -0.4 is 5.56 Å². The van der Waals surface area contributed by atoms with Crippen molar-refractivity contribution in [1.29, 1.82) is 0 Å². The summed E-state index contributed by atoms with van der Waals surface area (Å²) in [5.74, 6) is -1.15. The van der Waals surface area contributed by atoms with Crippen LogP contribution in [0.15, 0.2) is 29.3 Å². The van der Waals surface area contributed by atoms with Crippen molar-refractivity contribution in [3.05, 3.63) is 40.4 Å². The number of carbonyl (C=O) groups is 1. The molecule has 0 aliphatic rings. The Morgan fingerprint density at radius 2 is 2.05 bits per heavy atom. The summed E-state index contributed by atoms with van der Waals surface area (Å²) in [6, 6.07) is 3.26. The van der Waals surface area contributed by atoms with Gasteiger partial charge in [0.2, 0.25) is 0 Å². The quantitative estimate of drug-likeness (QED) is 0.935. The van der Waals surface area contributed by atoms with Crippen molar-refractivity contribution in [3.63, 3.8) is 0 Å². The molecular formula is C12H9F3N2O3. The van der Waals surface area contributed by atoms with Crippen LogP contribution in [-0.4, -0.2) is 20.6 Å². The zero-order chi connectivity index (χ0) is 14.9. The van der Waals surface area contributed by atoms with Crippen molar-refractivity contribution < 1.29 is 23.1 Å². The summed E-state index contributed by atoms with van der Waals surface area (Å²) >= 11 is 0. The Morgan fingerprint density at radius 3 is 2.65 bits per heavy atom. The van der Waals surface area contributed by atoms with Crippen molar-refractivity contribution in [1.82, 2.24) is 9.55 Å². The fraction of sp³-hybridized carbons (Fsp3) is 0.250. The Kier molecular flexibility index (Phi) is 3.47. The van der Waals surface area contributed by atoms with Crippen LogP contribution in [0.25, 0.3) is 10.9 Å². The second-order valence-corrected chi connectivity index (χ2v) is 4.08. The van der Waals surface area contributed by atoms with Crippen LogP contribution in [0.3, 0.4) is 0 Å². The van der Waals surface area contributed by atoms with Crippen LogP contribution in [-0.2, 0) is 17.5 Å². The van der Waals surface area contributed by atoms with Crippen molar-refractivity contribution in [2.45, 2.75) is 19.1 Å². The number of benzene rings is 1. The number of halogens is 3. The lowest BCUT2D eigenvalue weighted by Gasteiger charge is -2.11. The first kappa shape index (κ1) is 14.0. The molecule has 0 atom stereocenters. The molecule has 1 aromatic carbocycles. The molecule has 0 amide bonds. The van der Waals surface area contributed by atoms with E-state index in [9.17, 15) is 22.8 Å². The third-order valence-electron chi connectivity index (χ3n) is 2.73. The van der Waals surface area contributed by atoms with Crippen LogP contribution >= 0.6 is 0 Å². The Morgan fingerprint density at radius 1 is 1.35 bits per heavy atom. The lowest BCUT2D eigenvalue weighted by molar-refractivity contribution is -0.138. The van der Waals surface area contributed by atoms with Gasteiger partial charge in [-0.25, -0.2) is 4.98 Å². The normalized spacial score (nSPS) is 11.8. The molecule has 2 rings (SSSR count). The van der Waals surface area contributed by atoms with E-state index in [4.69, 9.17) is 5.11 Å². The molecule has 0 unspecified atom stereocenters. The van der Waals surface area contributed by atoms with E-state index >= 15 is 0 Å². The van der Waals surface area contributed by atoms with Crippen molar-refractivity contribution in [2.75, 3.05) is 0 Å². The summed E-state index contributed by atoms with van der Waals surface area (Å²) < 4.78 is 39.5. The highest BCUT2D eigenvalue weighted by Crippen LogP contribution is 2.32. The molecule has 0 spiro atoms. The summed E-state index contributed by atoms with van der Waals surface area (Å²) in [5, 5.41) is 8.00. The zero-order valence-electron chi connectivity index (χ0n) is 10.0. The van der Waals surface area contributed by atoms with Gasteiger partial charge in [-0.1, -0.05) is 6.07 Å². The molecule has 0 aliphatic heterocycles. The third-order valence-corrected chi connectivity index (χ3v) is 2.73. The molecule has 0 saturated heterocycles. The predicted octanol–water partition coefficient (Wildman–Crippen LogP) is 1.89. The van der Waals surface area contributed by atoms with E-state index in [0.29, 0.717) is 0 Å². The van der Waals surface area contributed by atoms with Gasteiger partial charge in [-0.3, -0.25) is 14.2 Å². The average molecular weight is 286 g/mol. The number of aliphatic carboxylic acids is 1. The smallest absolute Gasteiger partial charge is 0.417 e. The van der Waals surface area contributed by atoms with Gasteiger partial charge < -0.3 is 5.11 Å². The first-order chi connectivity index (χ1) is 9.30. The summed E-state index contributed by atoms with van der Waals surface area (Å²) in [5.41, 5.74) is -2.04. The summed E-state index contributed by atoms with van der Waals surface area (Å²) in [4.78, 5) is 26.3. The Bertz CT molecular complexity index is 722. The molecule has 106 valence electrons. The van der Waals surface area contributed by atoms with Crippen LogP contribution in [0.5, 0.6) is 0 Å². The van der Waals surface area contributed by atoms with Crippen LogP contribution in [0, 0.1) is 0 Å². The maximum atomic E-state index is 12.9. The lowest BCUT2D eigenvalue weighted by atomic mass is 10.1. The van der Waals surface area contributed by atoms with E-state index in [1.807, 2.05) is 0 Å². The molecule has 0 fully saturated rings. The minimum absolute atomic E-state index is 0.0728. The molecule has 1 N–H and O–H groups in total. The maximum absolute atomic E-state index is 12.9. The van der Waals surface area contributed by atoms with Gasteiger partial charge >= 0.3 is 12.1 Å². The highest BCUT2D eigenvalue weighted by atomic mass is 19.4. The van der Waals surface area contributed by atoms with E-state index in [-0.39, 0.29) is 18.5 Å². The highest BCUT2D eigenvalue weighted by molar-refractivity contribution is 5.81. The number of carboxylic acids is 1. The van der Waals surface area contributed by atoms with E-state index in [1.165, 1.54) is 12.1 Å². The van der Waals surface area contributed by atoms with E-state index in [0.717, 1.165) is 17.0 Å². The van der Waals surface area contributed by atoms with Gasteiger partial charge in [0.05, 0.1) is 29.2 Å². The van der Waals surface area contributed by atoms with Crippen molar-refractivity contribution in [3.8, 4) is 0 Å². The minimum Gasteiger partial charge on any atom is -0.481 e. The molecule has 20 heavy (non-hydrogen) atoms. The van der Waals surface area contributed by atoms with Gasteiger partial charge in [-0.2, -0.15) is 13.2 Å². The number of alkyl halides is 3. The number of hydrogen-bond acceptors (Lipinski definition) is 3. The zero-order valence-corrected chi connectivity index (χ0v) is 10.0. The summed E-state index contributed by atoms with van der Waals surface area (Å²) in [6.45, 7) is -0.233. The molecule has 0 bridgehead atoms. The van der Waals surface area contributed by atoms with Gasteiger partial charge in [0.25, 0.3) is 5.56 Å². The third kappa shape index (κ3) is 2.63. The van der Waals surface area contributed by atoms with Gasteiger partial charge in [0.15, 0.2) is 0 Å². The molecule has 0 saturated carbocycles. The Labute approximate surface area is 110 Å². The number of fused-ring (bicyclic) bond motifs is 1. The largest absolute Gasteiger partial charge is 0.481 e. The molecule has 8 heteroatoms. The monoisotopic (exact) mass is 286 g/mol. The molecule has 2 aromatic rings. The van der Waals surface area contributed by atoms with Crippen LogP contribution in [0.1, 0.15) is 12.0 Å². The first-order valence-electron chi connectivity index (χ1n) is 5.58. The SMILES string of the molecule is O=C(O)CCn1cnc2cccc(C(F)(F)F)c2c1=O. The minimum atomic E-state index is -4.67. The maximum Gasteiger partial charge on any atom is 0.417 e. The van der Waals surface area contributed by atoms with Gasteiger partial charge in [0, 0.05) is 6.54 Å². The number of carboxylic acid groups (broad SMARTS) is 1. The van der Waals surface area contributed by atoms with E-state index < -0.39 is 28.7 Å². The lowest BCUT2D eigenvalue weighted by Crippen LogP contribution is -2.24. The summed E-state index contributed by atoms with van der Waals surface area (Å²) in [7, 11) is 0. The number of rotatable bonds is 3. The van der Waals surface area contributed by atoms with E-state index in [1.54, 1.807) is 0 Å². The van der Waals surface area contributed by atoms with Crippen LogP contribution in [0.2, 0.25) is 0 Å². The second-order valence-electron chi connectivity index (χ2n) is 4.08. The van der Waals surface area contributed by atoms with Crippen molar-refractivity contribution in [2.24, 2.45) is 0 Å². The fourth-order valence-corrected chi connectivity index (χ4v) is 1.81. The molecular weight excluding hydrogens is 277 g/mol. The Balaban J connectivity index is 2.64. The number of aromatic nitrogens is 2. The molecule has 1 heterocycles. The van der Waals surface area contributed by atoms with Crippen LogP contribution in [0.4, 0.5) is 13.2 Å². The van der Waals surface area contributed by atoms with Gasteiger partial charge in [-0.15, -0.1) is 0 Å². The van der Waals surface area contributed by atoms with Gasteiger partial charge in [-0.05, 0) is 12.1 Å².